The smallest absolute Gasteiger partial charge is 0.410 e. The number of fused-ring (bicyclic) bond motifs is 1. The maximum absolute atomic E-state index is 13.1. The van der Waals surface area contributed by atoms with E-state index >= 15 is 0 Å². The molecule has 0 atom stereocenters. The van der Waals surface area contributed by atoms with E-state index in [-0.39, 0.29) is 12.5 Å². The summed E-state index contributed by atoms with van der Waals surface area (Å²) >= 11 is 0. The van der Waals surface area contributed by atoms with E-state index in [1.807, 2.05) is 51.9 Å². The minimum atomic E-state index is -0.409. The van der Waals surface area contributed by atoms with Gasteiger partial charge in [-0.15, -0.1) is 0 Å². The number of amidine groups is 1. The molecule has 0 saturated heterocycles. The largest absolute Gasteiger partial charge is 0.496 e. The molecule has 1 aromatic rings. The van der Waals surface area contributed by atoms with Crippen molar-refractivity contribution in [1.82, 2.24) is 20.4 Å². The van der Waals surface area contributed by atoms with Gasteiger partial charge in [0.05, 0.1) is 19.3 Å². The zero-order valence-electron chi connectivity index (χ0n) is 27.9. The topological polar surface area (TPSA) is 116 Å². The van der Waals surface area contributed by atoms with Gasteiger partial charge < -0.3 is 34.6 Å². The molecule has 0 radical (unpaired) electrons. The Hall–Kier alpha value is -3.63. The molecule has 0 spiro atoms. The summed E-state index contributed by atoms with van der Waals surface area (Å²) in [6.45, 7) is 17.1. The number of nitrogens with one attached hydrogen (secondary N) is 3. The molecule has 242 valence electrons. The Morgan fingerprint density at radius 3 is 2.44 bits per heavy atom. The first-order valence-electron chi connectivity index (χ1n) is 15.0. The van der Waals surface area contributed by atoms with Crippen molar-refractivity contribution in [3.05, 3.63) is 64.9 Å². The van der Waals surface area contributed by atoms with Crippen molar-refractivity contribution in [2.24, 2.45) is 0 Å². The van der Waals surface area contributed by atoms with Crippen molar-refractivity contribution in [2.75, 3.05) is 61.2 Å². The summed E-state index contributed by atoms with van der Waals surface area (Å²) in [5.41, 5.74) is 3.44. The molecule has 2 rings (SSSR count). The van der Waals surface area contributed by atoms with Crippen LogP contribution in [-0.2, 0) is 22.4 Å². The van der Waals surface area contributed by atoms with E-state index in [0.29, 0.717) is 49.0 Å². The van der Waals surface area contributed by atoms with E-state index in [0.717, 1.165) is 36.2 Å². The molecule has 1 heterocycles. The van der Waals surface area contributed by atoms with Crippen LogP contribution < -0.4 is 15.4 Å². The molecule has 43 heavy (non-hydrogen) atoms. The quantitative estimate of drug-likeness (QED) is 0.118. The van der Waals surface area contributed by atoms with Crippen molar-refractivity contribution in [3.8, 4) is 5.75 Å². The van der Waals surface area contributed by atoms with Gasteiger partial charge >= 0.3 is 6.09 Å². The molecule has 0 bridgehead atoms. The Balaban J connectivity index is 0.00000331. The van der Waals surface area contributed by atoms with Crippen LogP contribution in [0.2, 0.25) is 0 Å². The number of likely N-dealkylation sites (N-methyl/N-ethyl adjacent to an activating group) is 1. The van der Waals surface area contributed by atoms with Crippen LogP contribution in [0.25, 0.3) is 0 Å². The second-order valence-corrected chi connectivity index (χ2v) is 9.72. The van der Waals surface area contributed by atoms with Crippen LogP contribution in [0.15, 0.2) is 48.2 Å². The minimum Gasteiger partial charge on any atom is -0.496 e. The summed E-state index contributed by atoms with van der Waals surface area (Å²) in [7, 11) is 6.88. The average molecular weight is 602 g/mol. The van der Waals surface area contributed by atoms with Crippen LogP contribution in [-0.4, -0.2) is 88.8 Å². The minimum absolute atomic E-state index is 0.188. The number of allylic oxidation sites excluding steroid dienone is 3. The highest BCUT2D eigenvalue weighted by Crippen LogP contribution is 2.28. The first-order valence-corrected chi connectivity index (χ1v) is 15.0. The number of carbonyl (C=O) groups excluding carboxylic acids is 2. The van der Waals surface area contributed by atoms with Crippen molar-refractivity contribution < 1.29 is 23.8 Å². The third-order valence-corrected chi connectivity index (χ3v) is 6.14. The van der Waals surface area contributed by atoms with Gasteiger partial charge in [-0.05, 0) is 68.3 Å². The van der Waals surface area contributed by atoms with E-state index in [9.17, 15) is 9.59 Å². The Labute approximate surface area is 259 Å². The molecule has 1 aliphatic heterocycles. The zero-order chi connectivity index (χ0) is 32.8. The predicted octanol–water partition coefficient (Wildman–Crippen LogP) is 5.54. The molecule has 10 nitrogen and oxygen atoms in total. The summed E-state index contributed by atoms with van der Waals surface area (Å²) in [5.74, 6) is 0.535. The highest BCUT2D eigenvalue weighted by atomic mass is 16.6. The summed E-state index contributed by atoms with van der Waals surface area (Å²) in [4.78, 5) is 28.9. The monoisotopic (exact) mass is 601 g/mol. The number of hydrogen-bond acceptors (Lipinski definition) is 7. The lowest BCUT2D eigenvalue weighted by Crippen LogP contribution is -2.37. The van der Waals surface area contributed by atoms with Crippen molar-refractivity contribution in [3.63, 3.8) is 0 Å². The molecular weight excluding hydrogens is 546 g/mol. The molecule has 0 aromatic heterocycles. The molecule has 3 N–H and O–H groups in total. The van der Waals surface area contributed by atoms with Gasteiger partial charge in [-0.25, -0.2) is 4.79 Å². The molecule has 2 amide bonds. The van der Waals surface area contributed by atoms with Crippen molar-refractivity contribution >= 4 is 17.8 Å². The van der Waals surface area contributed by atoms with Gasteiger partial charge in [0, 0.05) is 39.5 Å². The number of nitrogens with zero attached hydrogens (tertiary/aromatic N) is 2. The van der Waals surface area contributed by atoms with Gasteiger partial charge in [0.15, 0.2) is 0 Å². The third kappa shape index (κ3) is 14.4. The summed E-state index contributed by atoms with van der Waals surface area (Å²) in [6.07, 6.45) is 7.67. The zero-order valence-corrected chi connectivity index (χ0v) is 27.9. The molecule has 1 aromatic carbocycles. The van der Waals surface area contributed by atoms with Crippen LogP contribution in [0.5, 0.6) is 5.75 Å². The Morgan fingerprint density at radius 2 is 1.84 bits per heavy atom. The van der Waals surface area contributed by atoms with Gasteiger partial charge in [0.2, 0.25) is 0 Å². The van der Waals surface area contributed by atoms with E-state index in [1.165, 1.54) is 13.5 Å². The fraction of sp³-hybridized carbons (Fsp3) is 0.545. The first-order chi connectivity index (χ1) is 20.6. The van der Waals surface area contributed by atoms with Crippen LogP contribution >= 0.6 is 0 Å². The number of benzene rings is 1. The summed E-state index contributed by atoms with van der Waals surface area (Å²) in [5, 5.41) is 14.2. The van der Waals surface area contributed by atoms with E-state index < -0.39 is 6.09 Å². The molecule has 1 aliphatic rings. The first kappa shape index (κ1) is 39.4. The lowest BCUT2D eigenvalue weighted by molar-refractivity contribution is 0.0688. The lowest BCUT2D eigenvalue weighted by atomic mass is 9.96. The molecule has 0 fully saturated rings. The fourth-order valence-corrected chi connectivity index (χ4v) is 3.94. The third-order valence-electron chi connectivity index (χ3n) is 6.14. The maximum atomic E-state index is 13.1. The van der Waals surface area contributed by atoms with Gasteiger partial charge in [-0.1, -0.05) is 52.8 Å². The summed E-state index contributed by atoms with van der Waals surface area (Å²) < 4.78 is 15.6. The predicted molar refractivity (Wildman–Crippen MR) is 176 cm³/mol. The Morgan fingerprint density at radius 1 is 1.16 bits per heavy atom. The molecule has 0 saturated carbocycles. The van der Waals surface area contributed by atoms with Gasteiger partial charge in [-0.2, -0.15) is 0 Å². The van der Waals surface area contributed by atoms with E-state index in [1.54, 1.807) is 30.2 Å². The van der Waals surface area contributed by atoms with Crippen molar-refractivity contribution in [2.45, 2.75) is 60.4 Å². The summed E-state index contributed by atoms with van der Waals surface area (Å²) in [6, 6.07) is 3.60. The van der Waals surface area contributed by atoms with Crippen LogP contribution in [0.3, 0.4) is 0 Å². The van der Waals surface area contributed by atoms with Crippen LogP contribution in [0, 0.1) is 5.41 Å². The average Bonchev–Trinajstić information content (AvgIpc) is 3.01. The maximum Gasteiger partial charge on any atom is 0.410 e. The van der Waals surface area contributed by atoms with Crippen LogP contribution in [0.4, 0.5) is 4.79 Å². The number of hydrogen-bond donors (Lipinski definition) is 3. The number of amides is 2. The Kier molecular flexibility index (Phi) is 21.0. The SMILES string of the molecule is C=C(/C=C\C=C(/C)C(=N)N(C)CCCNC)NC(=O)c1cc2c(cc1OC)CCN(C(=O)OCCOC)C2.CC.CCC. The second-order valence-electron chi connectivity index (χ2n) is 9.72. The lowest BCUT2D eigenvalue weighted by Gasteiger charge is -2.29. The highest BCUT2D eigenvalue weighted by molar-refractivity contribution is 5.98. The van der Waals surface area contributed by atoms with Gasteiger partial charge in [0.25, 0.3) is 5.91 Å². The normalized spacial score (nSPS) is 12.2. The van der Waals surface area contributed by atoms with Crippen LogP contribution in [0.1, 0.15) is 68.9 Å². The molecular formula is C33H55N5O5. The highest BCUT2D eigenvalue weighted by Gasteiger charge is 2.25. The molecule has 10 heteroatoms. The second kappa shape index (κ2) is 22.9. The standard InChI is InChI=1S/C28H41N5O5.C3H8.C2H6/c1-20(26(29)32(4)13-8-12-30-3)9-7-10-21(2)31-27(34)24-17-23-19-33(28(35)38-16-15-36-5)14-11-22(23)18-25(24)37-6;1-3-2;1-2/h7,9-10,17-18,29-30H,2,8,11-16,19H2,1,3-6H3,(H,31,34);3H2,1-2H3;1-2H3/b10-7-,20-9+,29-26?;;. The van der Waals surface area contributed by atoms with E-state index in [4.69, 9.17) is 19.6 Å². The number of methoxy groups -OCH3 is 2. The van der Waals surface area contributed by atoms with E-state index in [2.05, 4.69) is 31.1 Å². The Bertz CT molecular complexity index is 1080. The van der Waals surface area contributed by atoms with Gasteiger partial charge in [-0.3, -0.25) is 10.2 Å². The molecule has 0 aliphatic carbocycles. The number of ether oxygens (including phenoxy) is 3. The number of rotatable bonds is 13. The molecule has 0 unspecified atom stereocenters. The fourth-order valence-electron chi connectivity index (χ4n) is 3.94. The van der Waals surface area contributed by atoms with Crippen molar-refractivity contribution in [1.29, 1.82) is 5.41 Å². The van der Waals surface area contributed by atoms with Gasteiger partial charge in [0.1, 0.15) is 18.2 Å². The number of carbonyl (C=O) groups is 2.